The summed E-state index contributed by atoms with van der Waals surface area (Å²) in [5.41, 5.74) is 1.78. The van der Waals surface area contributed by atoms with Gasteiger partial charge in [0.05, 0.1) is 17.6 Å². The molecule has 28 heavy (non-hydrogen) atoms. The molecule has 2 amide bonds. The first kappa shape index (κ1) is 17.5. The highest BCUT2D eigenvalue weighted by atomic mass is 16.2. The molecule has 1 atom stereocenters. The molecular formula is C20H26N6O2. The van der Waals surface area contributed by atoms with E-state index in [2.05, 4.69) is 20.0 Å². The van der Waals surface area contributed by atoms with Crippen LogP contribution in [-0.4, -0.2) is 61.0 Å². The number of hydrogen-bond acceptors (Lipinski definition) is 4. The van der Waals surface area contributed by atoms with Gasteiger partial charge >= 0.3 is 0 Å². The zero-order chi connectivity index (χ0) is 19.3. The average molecular weight is 382 g/mol. The normalized spacial score (nSPS) is 22.2. The van der Waals surface area contributed by atoms with Crippen LogP contribution in [0.25, 0.3) is 0 Å². The van der Waals surface area contributed by atoms with Gasteiger partial charge in [0.15, 0.2) is 0 Å². The molecule has 0 bridgehead atoms. The number of fused-ring (bicyclic) bond motifs is 2. The van der Waals surface area contributed by atoms with E-state index in [4.69, 9.17) is 0 Å². The minimum atomic E-state index is -0.376. The minimum absolute atomic E-state index is 0.0803. The highest BCUT2D eigenvalue weighted by Crippen LogP contribution is 2.45. The Balaban J connectivity index is 1.38. The molecule has 148 valence electrons. The predicted molar refractivity (Wildman–Crippen MR) is 101 cm³/mol. The van der Waals surface area contributed by atoms with Crippen LogP contribution in [0.1, 0.15) is 50.0 Å². The summed E-state index contributed by atoms with van der Waals surface area (Å²) in [5, 5.41) is 4.20. The number of carbonyl (C=O) groups is 2. The first-order valence-electron chi connectivity index (χ1n) is 10.2. The lowest BCUT2D eigenvalue weighted by Gasteiger charge is -2.50. The number of H-pyrrole nitrogens is 1. The molecule has 8 nitrogen and oxygen atoms in total. The molecule has 0 unspecified atom stereocenters. The molecule has 1 saturated carbocycles. The van der Waals surface area contributed by atoms with Gasteiger partial charge in [-0.1, -0.05) is 0 Å². The van der Waals surface area contributed by atoms with Crippen molar-refractivity contribution in [2.24, 2.45) is 5.92 Å². The van der Waals surface area contributed by atoms with E-state index in [0.29, 0.717) is 13.1 Å². The second-order valence-electron chi connectivity index (χ2n) is 8.26. The molecule has 0 aromatic carbocycles. The average Bonchev–Trinajstić information content (AvgIpc) is 3.20. The summed E-state index contributed by atoms with van der Waals surface area (Å²) in [7, 11) is 0. The standard InChI is InChI=1S/C20H26N6O2/c1-14(26-9-2-8-23-26)18(27)24-11-6-20(7-12-24)17-16(21-13-22-17)5-10-25(20)19(28)15-3-4-15/h2,8-9,13-15H,3-7,10-12H2,1H3,(H,21,22)/t14-/m0/s1. The van der Waals surface area contributed by atoms with Gasteiger partial charge in [-0.25, -0.2) is 4.98 Å². The lowest BCUT2D eigenvalue weighted by molar-refractivity contribution is -0.146. The Labute approximate surface area is 163 Å². The number of carbonyl (C=O) groups excluding carboxylic acids is 2. The van der Waals surface area contributed by atoms with E-state index in [1.165, 1.54) is 0 Å². The van der Waals surface area contributed by atoms with Crippen LogP contribution in [0.15, 0.2) is 24.8 Å². The zero-order valence-corrected chi connectivity index (χ0v) is 16.2. The maximum Gasteiger partial charge on any atom is 0.247 e. The Morgan fingerprint density at radius 1 is 1.25 bits per heavy atom. The third-order valence-electron chi connectivity index (χ3n) is 6.64. The van der Waals surface area contributed by atoms with Crippen molar-refractivity contribution in [2.75, 3.05) is 19.6 Å². The topological polar surface area (TPSA) is 87.1 Å². The van der Waals surface area contributed by atoms with Crippen molar-refractivity contribution in [1.29, 1.82) is 0 Å². The lowest BCUT2D eigenvalue weighted by Crippen LogP contribution is -2.59. The van der Waals surface area contributed by atoms with E-state index in [1.54, 1.807) is 17.2 Å². The summed E-state index contributed by atoms with van der Waals surface area (Å²) in [4.78, 5) is 37.9. The summed E-state index contributed by atoms with van der Waals surface area (Å²) in [5.74, 6) is 0.548. The van der Waals surface area contributed by atoms with Gasteiger partial charge in [-0.3, -0.25) is 14.3 Å². The van der Waals surface area contributed by atoms with Crippen LogP contribution in [-0.2, 0) is 21.5 Å². The Hall–Kier alpha value is -2.64. The van der Waals surface area contributed by atoms with Crippen LogP contribution in [0, 0.1) is 5.92 Å². The number of piperidine rings is 1. The minimum Gasteiger partial charge on any atom is -0.348 e. The number of rotatable bonds is 3. The van der Waals surface area contributed by atoms with E-state index in [9.17, 15) is 9.59 Å². The Morgan fingerprint density at radius 3 is 2.71 bits per heavy atom. The second-order valence-corrected chi connectivity index (χ2v) is 8.26. The molecule has 4 heterocycles. The van der Waals surface area contributed by atoms with Crippen molar-refractivity contribution in [2.45, 2.75) is 50.6 Å². The van der Waals surface area contributed by atoms with Crippen LogP contribution in [0.4, 0.5) is 0 Å². The van der Waals surface area contributed by atoms with Gasteiger partial charge in [0.1, 0.15) is 6.04 Å². The smallest absolute Gasteiger partial charge is 0.247 e. The molecule has 2 aromatic heterocycles. The molecule has 0 radical (unpaired) electrons. The lowest BCUT2D eigenvalue weighted by atomic mass is 9.78. The number of aromatic nitrogens is 4. The summed E-state index contributed by atoms with van der Waals surface area (Å²) in [6, 6.07) is 1.51. The SMILES string of the molecule is C[C@@H](C(=O)N1CCC2(CC1)c1nc[nH]c1CCN2C(=O)C1CC1)n1cccn1. The number of aromatic amines is 1. The van der Waals surface area contributed by atoms with Crippen molar-refractivity contribution in [1.82, 2.24) is 29.5 Å². The number of nitrogens with zero attached hydrogens (tertiary/aromatic N) is 5. The fourth-order valence-electron chi connectivity index (χ4n) is 4.84. The monoisotopic (exact) mass is 382 g/mol. The van der Waals surface area contributed by atoms with Crippen molar-refractivity contribution >= 4 is 11.8 Å². The van der Waals surface area contributed by atoms with Crippen molar-refractivity contribution in [3.8, 4) is 0 Å². The van der Waals surface area contributed by atoms with E-state index in [1.807, 2.05) is 24.1 Å². The molecule has 8 heteroatoms. The largest absolute Gasteiger partial charge is 0.348 e. The predicted octanol–water partition coefficient (Wildman–Crippen LogP) is 1.48. The van der Waals surface area contributed by atoms with Crippen molar-refractivity contribution in [3.05, 3.63) is 36.2 Å². The van der Waals surface area contributed by atoms with E-state index in [0.717, 1.165) is 50.0 Å². The van der Waals surface area contributed by atoms with Crippen LogP contribution >= 0.6 is 0 Å². The molecule has 2 aromatic rings. The van der Waals surface area contributed by atoms with Gasteiger partial charge in [0, 0.05) is 50.1 Å². The fourth-order valence-corrected chi connectivity index (χ4v) is 4.84. The third-order valence-corrected chi connectivity index (χ3v) is 6.64. The number of hydrogen-bond donors (Lipinski definition) is 1. The molecule has 1 saturated heterocycles. The van der Waals surface area contributed by atoms with E-state index in [-0.39, 0.29) is 29.3 Å². The van der Waals surface area contributed by atoms with E-state index >= 15 is 0 Å². The summed E-state index contributed by atoms with van der Waals surface area (Å²) < 4.78 is 1.70. The summed E-state index contributed by atoms with van der Waals surface area (Å²) >= 11 is 0. The van der Waals surface area contributed by atoms with Gasteiger partial charge in [-0.05, 0) is 38.7 Å². The first-order valence-corrected chi connectivity index (χ1v) is 10.2. The van der Waals surface area contributed by atoms with Crippen LogP contribution in [0.5, 0.6) is 0 Å². The van der Waals surface area contributed by atoms with Crippen LogP contribution in [0.2, 0.25) is 0 Å². The summed E-state index contributed by atoms with van der Waals surface area (Å²) in [6.07, 6.45) is 9.57. The number of imidazole rings is 1. The van der Waals surface area contributed by atoms with Crippen molar-refractivity contribution < 1.29 is 9.59 Å². The highest BCUT2D eigenvalue weighted by Gasteiger charge is 2.51. The molecule has 2 fully saturated rings. The zero-order valence-electron chi connectivity index (χ0n) is 16.2. The molecule has 1 aliphatic carbocycles. The van der Waals surface area contributed by atoms with Gasteiger partial charge in [-0.2, -0.15) is 5.10 Å². The number of likely N-dealkylation sites (tertiary alicyclic amines) is 1. The molecular weight excluding hydrogens is 356 g/mol. The Morgan fingerprint density at radius 2 is 2.04 bits per heavy atom. The van der Waals surface area contributed by atoms with Crippen molar-refractivity contribution in [3.63, 3.8) is 0 Å². The molecule has 2 aliphatic heterocycles. The number of amides is 2. The van der Waals surface area contributed by atoms with Gasteiger partial charge in [-0.15, -0.1) is 0 Å². The van der Waals surface area contributed by atoms with Gasteiger partial charge in [0.25, 0.3) is 0 Å². The molecule has 5 rings (SSSR count). The maximum atomic E-state index is 13.0. The van der Waals surface area contributed by atoms with Gasteiger partial charge < -0.3 is 14.8 Å². The maximum absolute atomic E-state index is 13.0. The first-order chi connectivity index (χ1) is 13.6. The Kier molecular flexibility index (Phi) is 4.03. The van der Waals surface area contributed by atoms with Crippen LogP contribution in [0.3, 0.4) is 0 Å². The highest BCUT2D eigenvalue weighted by molar-refractivity contribution is 5.83. The second kappa shape index (κ2) is 6.46. The van der Waals surface area contributed by atoms with Gasteiger partial charge in [0.2, 0.25) is 11.8 Å². The summed E-state index contributed by atoms with van der Waals surface area (Å²) in [6.45, 7) is 3.88. The fraction of sp³-hybridized carbons (Fsp3) is 0.600. The molecule has 1 N–H and O–H groups in total. The molecule has 3 aliphatic rings. The number of nitrogens with one attached hydrogen (secondary N) is 1. The quantitative estimate of drug-likeness (QED) is 0.871. The third kappa shape index (κ3) is 2.65. The van der Waals surface area contributed by atoms with E-state index < -0.39 is 0 Å². The Bertz CT molecular complexity index is 876. The van der Waals surface area contributed by atoms with Crippen LogP contribution < -0.4 is 0 Å². The molecule has 1 spiro atoms.